The molecule has 34 heavy (non-hydrogen) atoms. The van der Waals surface area contributed by atoms with Gasteiger partial charge in [-0.1, -0.05) is 66.2 Å². The summed E-state index contributed by atoms with van der Waals surface area (Å²) >= 11 is 5.94. The van der Waals surface area contributed by atoms with Crippen molar-refractivity contribution in [2.45, 2.75) is 12.1 Å². The third-order valence-electron chi connectivity index (χ3n) is 6.78. The number of fused-ring (bicyclic) bond motifs is 5. The van der Waals surface area contributed by atoms with Crippen molar-refractivity contribution in [2.24, 2.45) is 16.9 Å². The molecule has 2 amide bonds. The number of imide groups is 1. The first kappa shape index (κ1) is 20.7. The summed E-state index contributed by atoms with van der Waals surface area (Å²) in [7, 11) is 0. The lowest BCUT2D eigenvalue weighted by molar-refractivity contribution is -0.124. The topological polar surface area (TPSA) is 70.0 Å². The van der Waals surface area contributed by atoms with Crippen LogP contribution in [-0.2, 0) is 9.59 Å². The molecular weight excluding hydrogens is 457 g/mol. The molecule has 0 aromatic heterocycles. The molecule has 3 aromatic carbocycles. The van der Waals surface area contributed by atoms with Crippen LogP contribution in [0.5, 0.6) is 0 Å². The first-order valence-electron chi connectivity index (χ1n) is 10.8. The highest BCUT2D eigenvalue weighted by Crippen LogP contribution is 2.53. The summed E-state index contributed by atoms with van der Waals surface area (Å²) in [6.45, 7) is 0. The maximum Gasteiger partial charge on any atom is 0.240 e. The molecule has 2 saturated heterocycles. The molecule has 0 aliphatic carbocycles. The predicted octanol–water partition coefficient (Wildman–Crippen LogP) is 4.24. The van der Waals surface area contributed by atoms with Crippen molar-refractivity contribution >= 4 is 41.1 Å². The number of halogens is 2. The number of rotatable bonds is 3. The summed E-state index contributed by atoms with van der Waals surface area (Å²) < 4.78 is 13.8. The molecule has 2 fully saturated rings. The number of hydrogen-bond acceptors (Lipinski definition) is 5. The Morgan fingerprint density at radius 1 is 0.912 bits per heavy atom. The van der Waals surface area contributed by atoms with Gasteiger partial charge in [0.25, 0.3) is 0 Å². The smallest absolute Gasteiger partial charge is 0.240 e. The van der Waals surface area contributed by atoms with E-state index in [0.717, 1.165) is 22.1 Å². The van der Waals surface area contributed by atoms with Gasteiger partial charge < -0.3 is 0 Å². The maximum absolute atomic E-state index is 13.8. The lowest BCUT2D eigenvalue weighted by atomic mass is 9.83. The van der Waals surface area contributed by atoms with Gasteiger partial charge in [0.2, 0.25) is 11.8 Å². The van der Waals surface area contributed by atoms with Crippen molar-refractivity contribution in [1.82, 2.24) is 5.01 Å². The van der Waals surface area contributed by atoms with Crippen LogP contribution in [0.2, 0.25) is 5.02 Å². The molecule has 168 valence electrons. The Bertz CT molecular complexity index is 1390. The Labute approximate surface area is 199 Å². The summed E-state index contributed by atoms with van der Waals surface area (Å²) in [6, 6.07) is 18.4. The molecule has 3 aliphatic rings. The predicted molar refractivity (Wildman–Crippen MR) is 124 cm³/mol. The van der Waals surface area contributed by atoms with Gasteiger partial charge in [-0.3, -0.25) is 19.4 Å². The van der Waals surface area contributed by atoms with Gasteiger partial charge in [-0.15, -0.1) is 0 Å². The second-order valence-electron chi connectivity index (χ2n) is 8.54. The van der Waals surface area contributed by atoms with Gasteiger partial charge in [-0.2, -0.15) is 5.10 Å². The molecule has 8 heteroatoms. The van der Waals surface area contributed by atoms with E-state index in [9.17, 15) is 18.8 Å². The molecule has 3 aliphatic heterocycles. The fourth-order valence-electron chi connectivity index (χ4n) is 5.32. The first-order chi connectivity index (χ1) is 16.5. The Morgan fingerprint density at radius 2 is 1.62 bits per heavy atom. The molecule has 4 atom stereocenters. The van der Waals surface area contributed by atoms with E-state index in [0.29, 0.717) is 5.56 Å². The molecule has 6 nitrogen and oxygen atoms in total. The van der Waals surface area contributed by atoms with Crippen LogP contribution in [0, 0.1) is 17.7 Å². The first-order valence-corrected chi connectivity index (χ1v) is 11.2. The minimum Gasteiger partial charge on any atom is -0.292 e. The lowest BCUT2D eigenvalue weighted by Gasteiger charge is -2.33. The molecule has 0 bridgehead atoms. The number of benzene rings is 3. The fourth-order valence-corrected chi connectivity index (χ4v) is 5.50. The number of hydrazone groups is 1. The molecule has 0 radical (unpaired) electrons. The van der Waals surface area contributed by atoms with Crippen LogP contribution < -0.4 is 4.90 Å². The standard InChI is InChI=1S/C26H17ClFN3O3/c27-18-12-16(10-11-19(18)28)30-25(33)20-21(26(30)34)23(24(32)14-6-2-1-3-7-14)31-22(20)17-9-5-4-8-15(17)13-29-31/h1-13,20-23H/t20-,21+,22-,23-/m1/s1. The second kappa shape index (κ2) is 7.60. The number of anilines is 1. The van der Waals surface area contributed by atoms with Crippen molar-refractivity contribution < 1.29 is 18.8 Å². The molecule has 3 aromatic rings. The molecule has 0 saturated carbocycles. The van der Waals surface area contributed by atoms with Gasteiger partial charge in [-0.25, -0.2) is 9.29 Å². The SMILES string of the molecule is O=C(c1ccccc1)[C@H]1[C@H]2C(=O)N(c3ccc(F)c(Cl)c3)C(=O)[C@H]2[C@H]2c3ccccc3C=NN21. The minimum absolute atomic E-state index is 0.181. The Hall–Kier alpha value is -3.84. The summed E-state index contributed by atoms with van der Waals surface area (Å²) in [5.74, 6) is -3.68. The van der Waals surface area contributed by atoms with E-state index in [1.807, 2.05) is 24.3 Å². The van der Waals surface area contributed by atoms with Crippen LogP contribution in [-0.4, -0.2) is 34.9 Å². The van der Waals surface area contributed by atoms with E-state index in [1.165, 1.54) is 12.1 Å². The van der Waals surface area contributed by atoms with Crippen LogP contribution in [0.4, 0.5) is 10.1 Å². The summed E-state index contributed by atoms with van der Waals surface area (Å²) in [4.78, 5) is 42.2. The zero-order valence-corrected chi connectivity index (χ0v) is 18.4. The van der Waals surface area contributed by atoms with E-state index in [-0.39, 0.29) is 16.5 Å². The number of amides is 2. The van der Waals surface area contributed by atoms with Gasteiger partial charge in [0.15, 0.2) is 5.78 Å². The van der Waals surface area contributed by atoms with Gasteiger partial charge >= 0.3 is 0 Å². The number of Topliss-reactive ketones (excluding diaryl/α,β-unsaturated/α-hetero) is 1. The monoisotopic (exact) mass is 473 g/mol. The third kappa shape index (κ3) is 2.86. The molecule has 0 unspecified atom stereocenters. The molecule has 6 rings (SSSR count). The number of hydrogen-bond donors (Lipinski definition) is 0. The zero-order valence-electron chi connectivity index (χ0n) is 17.6. The average Bonchev–Trinajstić information content (AvgIpc) is 3.33. The van der Waals surface area contributed by atoms with Gasteiger partial charge in [0.05, 0.1) is 34.8 Å². The molecular formula is C26H17ClFN3O3. The van der Waals surface area contributed by atoms with Crippen molar-refractivity contribution in [3.8, 4) is 0 Å². The maximum atomic E-state index is 13.8. The highest BCUT2D eigenvalue weighted by Gasteiger charge is 2.65. The van der Waals surface area contributed by atoms with Crippen molar-refractivity contribution in [1.29, 1.82) is 0 Å². The summed E-state index contributed by atoms with van der Waals surface area (Å²) in [5.41, 5.74) is 2.28. The zero-order chi connectivity index (χ0) is 23.6. The molecule has 3 heterocycles. The normalized spacial score (nSPS) is 24.8. The Balaban J connectivity index is 1.50. The quantitative estimate of drug-likeness (QED) is 0.421. The van der Waals surface area contributed by atoms with E-state index < -0.39 is 41.6 Å². The van der Waals surface area contributed by atoms with Gasteiger partial charge in [0.1, 0.15) is 11.9 Å². The summed E-state index contributed by atoms with van der Waals surface area (Å²) in [6.07, 6.45) is 1.66. The van der Waals surface area contributed by atoms with Crippen LogP contribution in [0.1, 0.15) is 27.5 Å². The summed E-state index contributed by atoms with van der Waals surface area (Å²) in [5, 5.41) is 5.95. The van der Waals surface area contributed by atoms with E-state index in [4.69, 9.17) is 11.6 Å². The number of carbonyl (C=O) groups is 3. The third-order valence-corrected chi connectivity index (χ3v) is 7.07. The average molecular weight is 474 g/mol. The van der Waals surface area contributed by atoms with Crippen LogP contribution >= 0.6 is 11.6 Å². The van der Waals surface area contributed by atoms with Gasteiger partial charge in [0, 0.05) is 5.56 Å². The van der Waals surface area contributed by atoms with E-state index in [1.54, 1.807) is 41.6 Å². The second-order valence-corrected chi connectivity index (χ2v) is 8.94. The number of ketones is 1. The number of carbonyl (C=O) groups excluding carboxylic acids is 3. The van der Waals surface area contributed by atoms with E-state index >= 15 is 0 Å². The van der Waals surface area contributed by atoms with Crippen molar-refractivity contribution in [2.75, 3.05) is 4.90 Å². The van der Waals surface area contributed by atoms with Gasteiger partial charge in [-0.05, 0) is 29.3 Å². The largest absolute Gasteiger partial charge is 0.292 e. The number of nitrogens with zero attached hydrogens (tertiary/aromatic N) is 3. The van der Waals surface area contributed by atoms with Crippen molar-refractivity contribution in [3.05, 3.63) is 100 Å². The Morgan fingerprint density at radius 3 is 2.38 bits per heavy atom. The molecule has 0 spiro atoms. The van der Waals surface area contributed by atoms with Crippen molar-refractivity contribution in [3.63, 3.8) is 0 Å². The molecule has 0 N–H and O–H groups in total. The van der Waals surface area contributed by atoms with Crippen LogP contribution in [0.3, 0.4) is 0 Å². The highest BCUT2D eigenvalue weighted by molar-refractivity contribution is 6.31. The Kier molecular flexibility index (Phi) is 4.64. The van der Waals surface area contributed by atoms with Crippen LogP contribution in [0.15, 0.2) is 77.9 Å². The van der Waals surface area contributed by atoms with Crippen LogP contribution in [0.25, 0.3) is 0 Å². The fraction of sp³-hybridized carbons (Fsp3) is 0.154. The van der Waals surface area contributed by atoms with E-state index in [2.05, 4.69) is 5.10 Å². The minimum atomic E-state index is -0.959. The lowest BCUT2D eigenvalue weighted by Crippen LogP contribution is -2.44. The highest BCUT2D eigenvalue weighted by atomic mass is 35.5.